The van der Waals surface area contributed by atoms with E-state index in [2.05, 4.69) is 17.2 Å². The van der Waals surface area contributed by atoms with Crippen molar-refractivity contribution in [1.29, 1.82) is 0 Å². The molecule has 0 fully saturated rings. The highest BCUT2D eigenvalue weighted by Crippen LogP contribution is 2.16. The van der Waals surface area contributed by atoms with Gasteiger partial charge in [0.15, 0.2) is 6.61 Å². The maximum Gasteiger partial charge on any atom is 0.340 e. The van der Waals surface area contributed by atoms with E-state index >= 15 is 0 Å². The molecule has 0 aliphatic carbocycles. The molecule has 1 amide bonds. The van der Waals surface area contributed by atoms with Crippen LogP contribution in [0.5, 0.6) is 0 Å². The third-order valence-corrected chi connectivity index (χ3v) is 3.57. The zero-order valence-corrected chi connectivity index (χ0v) is 14.3. The maximum absolute atomic E-state index is 12.9. The summed E-state index contributed by atoms with van der Waals surface area (Å²) in [6.45, 7) is 4.02. The van der Waals surface area contributed by atoms with Crippen LogP contribution in [0.25, 0.3) is 0 Å². The van der Waals surface area contributed by atoms with Gasteiger partial charge in [-0.15, -0.1) is 6.58 Å². The molecule has 0 saturated heterocycles. The van der Waals surface area contributed by atoms with Crippen molar-refractivity contribution in [2.75, 3.05) is 25.0 Å². The Kier molecular flexibility index (Phi) is 7.36. The van der Waals surface area contributed by atoms with Gasteiger partial charge in [-0.3, -0.25) is 4.79 Å². The fraction of sp³-hybridized carbons (Fsp3) is 0.200. The summed E-state index contributed by atoms with van der Waals surface area (Å²) >= 11 is 0. The maximum atomic E-state index is 12.9. The number of rotatable bonds is 9. The smallest absolute Gasteiger partial charge is 0.340 e. The number of hydrogen-bond acceptors (Lipinski definition) is 4. The molecule has 6 heteroatoms. The Bertz CT molecular complexity index is 760. The van der Waals surface area contributed by atoms with Gasteiger partial charge in [0.2, 0.25) is 0 Å². The van der Waals surface area contributed by atoms with Crippen molar-refractivity contribution in [3.8, 4) is 0 Å². The fourth-order valence-corrected chi connectivity index (χ4v) is 2.25. The van der Waals surface area contributed by atoms with Crippen molar-refractivity contribution in [1.82, 2.24) is 5.32 Å². The van der Waals surface area contributed by atoms with Crippen molar-refractivity contribution >= 4 is 17.6 Å². The highest BCUT2D eigenvalue weighted by molar-refractivity contribution is 5.96. The Balaban J connectivity index is 1.89. The first-order chi connectivity index (χ1) is 12.6. The Morgan fingerprint density at radius 1 is 1.12 bits per heavy atom. The van der Waals surface area contributed by atoms with Crippen LogP contribution in [0, 0.1) is 5.82 Å². The monoisotopic (exact) mass is 356 g/mol. The second kappa shape index (κ2) is 9.98. The van der Waals surface area contributed by atoms with Crippen LogP contribution >= 0.6 is 0 Å². The number of ether oxygens (including phenoxy) is 1. The van der Waals surface area contributed by atoms with Crippen LogP contribution in [0.2, 0.25) is 0 Å². The molecule has 0 aromatic heterocycles. The minimum Gasteiger partial charge on any atom is -0.452 e. The third kappa shape index (κ3) is 6.05. The van der Waals surface area contributed by atoms with Gasteiger partial charge in [0.25, 0.3) is 5.91 Å². The minimum atomic E-state index is -0.580. The molecule has 136 valence electrons. The molecule has 2 aromatic rings. The molecule has 0 radical (unpaired) electrons. The molecule has 5 nitrogen and oxygen atoms in total. The number of nitrogens with one attached hydrogen (secondary N) is 2. The molecule has 2 N–H and O–H groups in total. The van der Waals surface area contributed by atoms with Crippen LogP contribution < -0.4 is 10.6 Å². The predicted octanol–water partition coefficient (Wildman–Crippen LogP) is 2.94. The van der Waals surface area contributed by atoms with E-state index in [0.717, 1.165) is 5.56 Å². The molecule has 2 aromatic carbocycles. The number of benzene rings is 2. The highest BCUT2D eigenvalue weighted by atomic mass is 19.1. The van der Waals surface area contributed by atoms with E-state index in [9.17, 15) is 14.0 Å². The molecule has 0 atom stereocenters. The Morgan fingerprint density at radius 2 is 1.85 bits per heavy atom. The zero-order chi connectivity index (χ0) is 18.8. The molecule has 0 bridgehead atoms. The van der Waals surface area contributed by atoms with Gasteiger partial charge < -0.3 is 15.4 Å². The van der Waals surface area contributed by atoms with Gasteiger partial charge in [0.1, 0.15) is 5.82 Å². The van der Waals surface area contributed by atoms with Crippen molar-refractivity contribution in [2.24, 2.45) is 0 Å². The number of esters is 1. The standard InChI is InChI=1S/C20H21FN2O3/c1-2-12-23-19(24)14-26-20(25)17-5-3-4-6-18(17)22-13-11-15-7-9-16(21)10-8-15/h2-10,22H,1,11-14H2,(H,23,24). The topological polar surface area (TPSA) is 67.4 Å². The lowest BCUT2D eigenvalue weighted by atomic mass is 10.1. The largest absolute Gasteiger partial charge is 0.452 e. The molecule has 0 spiro atoms. The van der Waals surface area contributed by atoms with Gasteiger partial charge >= 0.3 is 5.97 Å². The van der Waals surface area contributed by atoms with E-state index in [1.807, 2.05) is 0 Å². The Morgan fingerprint density at radius 3 is 2.58 bits per heavy atom. The summed E-state index contributed by atoms with van der Waals surface area (Å²) in [6.07, 6.45) is 2.22. The lowest BCUT2D eigenvalue weighted by Crippen LogP contribution is -2.28. The SMILES string of the molecule is C=CCNC(=O)COC(=O)c1ccccc1NCCc1ccc(F)cc1. The number of anilines is 1. The molecule has 0 saturated carbocycles. The molecule has 0 aliphatic rings. The first-order valence-electron chi connectivity index (χ1n) is 8.22. The highest BCUT2D eigenvalue weighted by Gasteiger charge is 2.13. The average molecular weight is 356 g/mol. The summed E-state index contributed by atoms with van der Waals surface area (Å²) in [4.78, 5) is 23.7. The van der Waals surface area contributed by atoms with Crippen molar-refractivity contribution < 1.29 is 18.7 Å². The summed E-state index contributed by atoms with van der Waals surface area (Å²) in [6, 6.07) is 13.2. The van der Waals surface area contributed by atoms with E-state index in [1.165, 1.54) is 12.1 Å². The summed E-state index contributed by atoms with van der Waals surface area (Å²) in [5.74, 6) is -1.24. The number of para-hydroxylation sites is 1. The summed E-state index contributed by atoms with van der Waals surface area (Å²) in [5, 5.41) is 5.70. The number of halogens is 1. The van der Waals surface area contributed by atoms with Gasteiger partial charge in [-0.2, -0.15) is 0 Å². The molecule has 0 unspecified atom stereocenters. The second-order valence-electron chi connectivity index (χ2n) is 5.52. The van der Waals surface area contributed by atoms with Gasteiger partial charge in [-0.1, -0.05) is 30.3 Å². The lowest BCUT2D eigenvalue weighted by molar-refractivity contribution is -0.124. The molecule has 0 aliphatic heterocycles. The number of carbonyl (C=O) groups is 2. The Labute approximate surface area is 151 Å². The quantitative estimate of drug-likeness (QED) is 0.535. The molecule has 2 rings (SSSR count). The number of hydrogen-bond donors (Lipinski definition) is 2. The fourth-order valence-electron chi connectivity index (χ4n) is 2.25. The van der Waals surface area contributed by atoms with Crippen LogP contribution in [0.15, 0.2) is 61.2 Å². The summed E-state index contributed by atoms with van der Waals surface area (Å²) in [7, 11) is 0. The minimum absolute atomic E-state index is 0.271. The first kappa shape index (κ1) is 19.2. The van der Waals surface area contributed by atoms with Gasteiger partial charge in [-0.25, -0.2) is 9.18 Å². The normalized spacial score (nSPS) is 10.0. The second-order valence-corrected chi connectivity index (χ2v) is 5.52. The third-order valence-electron chi connectivity index (χ3n) is 3.57. The van der Waals surface area contributed by atoms with Crippen molar-refractivity contribution in [3.63, 3.8) is 0 Å². The van der Waals surface area contributed by atoms with Crippen LogP contribution in [0.4, 0.5) is 10.1 Å². The van der Waals surface area contributed by atoms with Crippen LogP contribution in [-0.4, -0.2) is 31.6 Å². The van der Waals surface area contributed by atoms with E-state index in [1.54, 1.807) is 42.5 Å². The molecule has 26 heavy (non-hydrogen) atoms. The first-order valence-corrected chi connectivity index (χ1v) is 8.22. The predicted molar refractivity (Wildman–Crippen MR) is 98.5 cm³/mol. The zero-order valence-electron chi connectivity index (χ0n) is 14.3. The van der Waals surface area contributed by atoms with Crippen LogP contribution in [-0.2, 0) is 16.0 Å². The molecular formula is C20H21FN2O3. The lowest BCUT2D eigenvalue weighted by Gasteiger charge is -2.12. The van der Waals surface area contributed by atoms with Gasteiger partial charge in [0.05, 0.1) is 5.56 Å². The van der Waals surface area contributed by atoms with Gasteiger partial charge in [0, 0.05) is 18.8 Å². The van der Waals surface area contributed by atoms with E-state index in [0.29, 0.717) is 30.8 Å². The van der Waals surface area contributed by atoms with E-state index < -0.39 is 5.97 Å². The summed E-state index contributed by atoms with van der Waals surface area (Å²) < 4.78 is 18.0. The number of amides is 1. The van der Waals surface area contributed by atoms with Crippen LogP contribution in [0.3, 0.4) is 0 Å². The van der Waals surface area contributed by atoms with E-state index in [-0.39, 0.29) is 18.3 Å². The van der Waals surface area contributed by atoms with Crippen molar-refractivity contribution in [3.05, 3.63) is 78.1 Å². The molecule has 0 heterocycles. The summed E-state index contributed by atoms with van der Waals surface area (Å²) in [5.41, 5.74) is 1.95. The van der Waals surface area contributed by atoms with Crippen molar-refractivity contribution in [2.45, 2.75) is 6.42 Å². The van der Waals surface area contributed by atoms with E-state index in [4.69, 9.17) is 4.74 Å². The molecular weight excluding hydrogens is 335 g/mol. The average Bonchev–Trinajstić information content (AvgIpc) is 2.66. The Hall–Kier alpha value is -3.15. The van der Waals surface area contributed by atoms with Crippen LogP contribution in [0.1, 0.15) is 15.9 Å². The van der Waals surface area contributed by atoms with Gasteiger partial charge in [-0.05, 0) is 36.2 Å². The number of carbonyl (C=O) groups excluding carboxylic acids is 2.